The molecule has 0 aromatic heterocycles. The second-order valence-corrected chi connectivity index (χ2v) is 6.38. The molecule has 1 fully saturated rings. The molecule has 0 aromatic carbocycles. The number of carbonyl (C=O) groups excluding carboxylic acids is 1. The van der Waals surface area contributed by atoms with E-state index < -0.39 is 0 Å². The Morgan fingerprint density at radius 2 is 2.21 bits per heavy atom. The number of allylic oxidation sites excluding steroid dienone is 4. The van der Waals surface area contributed by atoms with Gasteiger partial charge in [0, 0.05) is 5.92 Å². The molecule has 0 spiro atoms. The minimum atomic E-state index is -0.242. The summed E-state index contributed by atoms with van der Waals surface area (Å²) in [4.78, 5) is 12.2. The predicted octanol–water partition coefficient (Wildman–Crippen LogP) is 3.60. The molecule has 0 aliphatic heterocycles. The van der Waals surface area contributed by atoms with Crippen LogP contribution in [0.1, 0.15) is 39.0 Å². The standard InChI is InChI=1S/C16H20O2S/c1-16(7-2-3-8-16)18-15(17)11-4-5-12-13(6-9-19)14(12)10-11/h4-5,10,12,19H,2-3,6-9H2,1H3. The summed E-state index contributed by atoms with van der Waals surface area (Å²) < 4.78 is 5.70. The molecule has 3 heteroatoms. The highest BCUT2D eigenvalue weighted by molar-refractivity contribution is 7.80. The van der Waals surface area contributed by atoms with Gasteiger partial charge in [-0.2, -0.15) is 12.6 Å². The monoisotopic (exact) mass is 276 g/mol. The van der Waals surface area contributed by atoms with Crippen molar-refractivity contribution in [1.82, 2.24) is 0 Å². The van der Waals surface area contributed by atoms with Gasteiger partial charge in [-0.15, -0.1) is 0 Å². The molecule has 1 unspecified atom stereocenters. The van der Waals surface area contributed by atoms with Gasteiger partial charge in [0.2, 0.25) is 0 Å². The highest BCUT2D eigenvalue weighted by Gasteiger charge is 2.37. The van der Waals surface area contributed by atoms with E-state index in [1.165, 1.54) is 11.1 Å². The number of ether oxygens (including phenoxy) is 1. The first kappa shape index (κ1) is 13.0. The van der Waals surface area contributed by atoms with E-state index in [0.717, 1.165) is 37.9 Å². The first-order valence-electron chi connectivity index (χ1n) is 7.10. The van der Waals surface area contributed by atoms with Crippen LogP contribution in [0.2, 0.25) is 0 Å². The Morgan fingerprint density at radius 3 is 2.89 bits per heavy atom. The van der Waals surface area contributed by atoms with Crippen LogP contribution in [0.15, 0.2) is 34.9 Å². The van der Waals surface area contributed by atoms with Gasteiger partial charge in [0.05, 0.1) is 5.57 Å². The molecule has 0 bridgehead atoms. The SMILES string of the molecule is CC1(OC(=O)C2=CC3=C(CCS)C3C=C2)CCCC1. The molecule has 0 radical (unpaired) electrons. The molecule has 0 aromatic rings. The molecule has 1 atom stereocenters. The number of rotatable bonds is 4. The molecule has 3 aliphatic rings. The summed E-state index contributed by atoms with van der Waals surface area (Å²) in [6.45, 7) is 2.05. The topological polar surface area (TPSA) is 26.3 Å². The van der Waals surface area contributed by atoms with E-state index in [1.807, 2.05) is 12.2 Å². The van der Waals surface area contributed by atoms with Gasteiger partial charge in [-0.25, -0.2) is 4.79 Å². The van der Waals surface area contributed by atoms with Gasteiger partial charge in [0.1, 0.15) is 5.60 Å². The lowest BCUT2D eigenvalue weighted by Crippen LogP contribution is -2.28. The highest BCUT2D eigenvalue weighted by Crippen LogP contribution is 2.47. The zero-order valence-corrected chi connectivity index (χ0v) is 12.2. The molecule has 102 valence electrons. The Hall–Kier alpha value is -0.960. The van der Waals surface area contributed by atoms with Crippen molar-refractivity contribution in [2.45, 2.75) is 44.6 Å². The van der Waals surface area contributed by atoms with E-state index in [4.69, 9.17) is 4.74 Å². The van der Waals surface area contributed by atoms with Gasteiger partial charge < -0.3 is 4.74 Å². The van der Waals surface area contributed by atoms with E-state index in [2.05, 4.69) is 25.6 Å². The van der Waals surface area contributed by atoms with Gasteiger partial charge >= 0.3 is 5.97 Å². The summed E-state index contributed by atoms with van der Waals surface area (Å²) in [7, 11) is 0. The van der Waals surface area contributed by atoms with Gasteiger partial charge in [-0.05, 0) is 56.4 Å². The van der Waals surface area contributed by atoms with E-state index in [0.29, 0.717) is 11.5 Å². The van der Waals surface area contributed by atoms with Crippen molar-refractivity contribution in [2.75, 3.05) is 5.75 Å². The Morgan fingerprint density at radius 1 is 1.47 bits per heavy atom. The zero-order valence-electron chi connectivity index (χ0n) is 11.3. The molecule has 3 aliphatic carbocycles. The fourth-order valence-electron chi connectivity index (χ4n) is 3.18. The number of hydrogen-bond acceptors (Lipinski definition) is 3. The third kappa shape index (κ3) is 2.53. The molecule has 0 saturated heterocycles. The fourth-order valence-corrected chi connectivity index (χ4v) is 3.42. The minimum absolute atomic E-state index is 0.163. The van der Waals surface area contributed by atoms with Crippen LogP contribution in [0.5, 0.6) is 0 Å². The molecular formula is C16H20O2S. The number of fused-ring (bicyclic) bond motifs is 1. The summed E-state index contributed by atoms with van der Waals surface area (Å²) in [6.07, 6.45) is 11.4. The van der Waals surface area contributed by atoms with Crippen LogP contribution >= 0.6 is 12.6 Å². The second-order valence-electron chi connectivity index (χ2n) is 5.94. The van der Waals surface area contributed by atoms with Crippen molar-refractivity contribution in [3.05, 3.63) is 34.9 Å². The first-order chi connectivity index (χ1) is 9.13. The van der Waals surface area contributed by atoms with E-state index in [-0.39, 0.29) is 11.6 Å². The van der Waals surface area contributed by atoms with Crippen molar-refractivity contribution in [2.24, 2.45) is 5.92 Å². The van der Waals surface area contributed by atoms with Crippen molar-refractivity contribution in [1.29, 1.82) is 0 Å². The smallest absolute Gasteiger partial charge is 0.338 e. The van der Waals surface area contributed by atoms with E-state index >= 15 is 0 Å². The average molecular weight is 276 g/mol. The number of esters is 1. The lowest BCUT2D eigenvalue weighted by atomic mass is 10.0. The lowest BCUT2D eigenvalue weighted by Gasteiger charge is -2.24. The molecule has 2 nitrogen and oxygen atoms in total. The van der Waals surface area contributed by atoms with Crippen molar-refractivity contribution in [3.8, 4) is 0 Å². The van der Waals surface area contributed by atoms with Crippen molar-refractivity contribution < 1.29 is 9.53 Å². The molecule has 19 heavy (non-hydrogen) atoms. The maximum absolute atomic E-state index is 12.2. The highest BCUT2D eigenvalue weighted by atomic mass is 32.1. The van der Waals surface area contributed by atoms with Gasteiger partial charge in [0.25, 0.3) is 0 Å². The van der Waals surface area contributed by atoms with Crippen LogP contribution in [0, 0.1) is 5.92 Å². The second kappa shape index (κ2) is 4.86. The van der Waals surface area contributed by atoms with Crippen LogP contribution in [0.25, 0.3) is 0 Å². The predicted molar refractivity (Wildman–Crippen MR) is 79.2 cm³/mol. The molecule has 0 N–H and O–H groups in total. The van der Waals surface area contributed by atoms with E-state index in [1.54, 1.807) is 0 Å². The number of hydrogen-bond donors (Lipinski definition) is 1. The summed E-state index contributed by atoms with van der Waals surface area (Å²) in [5.74, 6) is 1.18. The number of carbonyl (C=O) groups is 1. The van der Waals surface area contributed by atoms with Crippen LogP contribution in [0.4, 0.5) is 0 Å². The van der Waals surface area contributed by atoms with Gasteiger partial charge in [-0.3, -0.25) is 0 Å². The summed E-state index contributed by atoms with van der Waals surface area (Å²) in [5.41, 5.74) is 3.20. The minimum Gasteiger partial charge on any atom is -0.456 e. The van der Waals surface area contributed by atoms with Crippen LogP contribution < -0.4 is 0 Å². The quantitative estimate of drug-likeness (QED) is 0.627. The van der Waals surface area contributed by atoms with Crippen molar-refractivity contribution >= 4 is 18.6 Å². The summed E-state index contributed by atoms with van der Waals surface area (Å²) in [5, 5.41) is 0. The summed E-state index contributed by atoms with van der Waals surface area (Å²) in [6, 6.07) is 0. The lowest BCUT2D eigenvalue weighted by molar-refractivity contribution is -0.152. The van der Waals surface area contributed by atoms with Gasteiger partial charge in [-0.1, -0.05) is 17.7 Å². The maximum atomic E-state index is 12.2. The fraction of sp³-hybridized carbons (Fsp3) is 0.562. The maximum Gasteiger partial charge on any atom is 0.338 e. The van der Waals surface area contributed by atoms with Gasteiger partial charge in [0.15, 0.2) is 0 Å². The van der Waals surface area contributed by atoms with Crippen LogP contribution in [-0.2, 0) is 9.53 Å². The average Bonchev–Trinajstić information content (AvgIpc) is 2.90. The molecule has 0 heterocycles. The molecule has 3 rings (SSSR count). The zero-order chi connectivity index (χ0) is 13.5. The Balaban J connectivity index is 1.68. The Labute approximate surface area is 120 Å². The molecule has 1 saturated carbocycles. The van der Waals surface area contributed by atoms with E-state index in [9.17, 15) is 4.79 Å². The number of thiol groups is 1. The first-order valence-corrected chi connectivity index (χ1v) is 7.73. The van der Waals surface area contributed by atoms with Crippen LogP contribution in [0.3, 0.4) is 0 Å². The summed E-state index contributed by atoms with van der Waals surface area (Å²) >= 11 is 4.26. The Kier molecular flexibility index (Phi) is 3.34. The Bertz CT molecular complexity index is 493. The molecule has 0 amide bonds. The van der Waals surface area contributed by atoms with Crippen molar-refractivity contribution in [3.63, 3.8) is 0 Å². The third-order valence-electron chi connectivity index (χ3n) is 4.39. The largest absolute Gasteiger partial charge is 0.456 e. The van der Waals surface area contributed by atoms with Crippen LogP contribution in [-0.4, -0.2) is 17.3 Å². The molecular weight excluding hydrogens is 256 g/mol. The third-order valence-corrected chi connectivity index (χ3v) is 4.62. The normalized spacial score (nSPS) is 27.1.